The van der Waals surface area contributed by atoms with E-state index in [4.69, 9.17) is 21.1 Å². The molecule has 0 aliphatic carbocycles. The number of halogens is 1. The summed E-state index contributed by atoms with van der Waals surface area (Å²) >= 11 is 6.14. The van der Waals surface area contributed by atoms with Crippen LogP contribution in [0.3, 0.4) is 0 Å². The van der Waals surface area contributed by atoms with Gasteiger partial charge in [-0.3, -0.25) is 4.79 Å². The Kier molecular flexibility index (Phi) is 4.65. The molecule has 0 radical (unpaired) electrons. The highest BCUT2D eigenvalue weighted by molar-refractivity contribution is 6.32. The van der Waals surface area contributed by atoms with E-state index in [1.54, 1.807) is 30.5 Å². The third kappa shape index (κ3) is 3.86. The fourth-order valence-corrected chi connectivity index (χ4v) is 2.81. The molecule has 1 aromatic heterocycles. The largest absolute Gasteiger partial charge is 0.454 e. The number of rotatable bonds is 2. The van der Waals surface area contributed by atoms with Crippen LogP contribution in [0.2, 0.25) is 5.02 Å². The van der Waals surface area contributed by atoms with Crippen molar-refractivity contribution in [3.05, 3.63) is 82.6 Å². The number of aromatic nitrogens is 1. The van der Waals surface area contributed by atoms with Crippen LogP contribution in [-0.2, 0) is 0 Å². The first kappa shape index (κ1) is 17.0. The minimum absolute atomic E-state index is 0.0944. The van der Waals surface area contributed by atoms with Gasteiger partial charge in [-0.05, 0) is 48.4 Å². The molecule has 4 rings (SSSR count). The Bertz CT molecular complexity index is 1070. The van der Waals surface area contributed by atoms with Gasteiger partial charge in [-0.15, -0.1) is 0 Å². The Morgan fingerprint density at radius 1 is 1.07 bits per heavy atom. The van der Waals surface area contributed by atoms with Gasteiger partial charge in [-0.2, -0.15) is 0 Å². The molecule has 3 aromatic rings. The van der Waals surface area contributed by atoms with Gasteiger partial charge < -0.3 is 14.8 Å². The summed E-state index contributed by atoms with van der Waals surface area (Å²) in [5.74, 6) is 6.64. The molecule has 0 spiro atoms. The first-order chi connectivity index (χ1) is 13.2. The first-order valence-corrected chi connectivity index (χ1v) is 8.50. The lowest BCUT2D eigenvalue weighted by molar-refractivity contribution is 0.102. The number of fused-ring (bicyclic) bond motifs is 1. The van der Waals surface area contributed by atoms with E-state index in [1.807, 2.05) is 30.3 Å². The summed E-state index contributed by atoms with van der Waals surface area (Å²) in [4.78, 5) is 16.7. The van der Waals surface area contributed by atoms with E-state index in [-0.39, 0.29) is 12.7 Å². The van der Waals surface area contributed by atoms with Crippen LogP contribution >= 0.6 is 11.6 Å². The molecule has 0 saturated heterocycles. The van der Waals surface area contributed by atoms with E-state index >= 15 is 0 Å². The SMILES string of the molecule is O=C(Nc1cccc(C#Cc2ccccn2)c1)c1cc(Cl)c2c(c1)OCO2. The lowest BCUT2D eigenvalue weighted by Gasteiger charge is -2.07. The molecule has 6 heteroatoms. The van der Waals surface area contributed by atoms with Crippen molar-refractivity contribution in [3.63, 3.8) is 0 Å². The average Bonchev–Trinajstić information content (AvgIpc) is 3.17. The van der Waals surface area contributed by atoms with Crippen molar-refractivity contribution in [1.29, 1.82) is 0 Å². The van der Waals surface area contributed by atoms with Gasteiger partial charge in [-0.25, -0.2) is 4.98 Å². The van der Waals surface area contributed by atoms with E-state index in [1.165, 1.54) is 0 Å². The summed E-state index contributed by atoms with van der Waals surface area (Å²) in [7, 11) is 0. The van der Waals surface area contributed by atoms with Crippen molar-refractivity contribution < 1.29 is 14.3 Å². The smallest absolute Gasteiger partial charge is 0.255 e. The Morgan fingerprint density at radius 2 is 2.00 bits per heavy atom. The number of benzene rings is 2. The van der Waals surface area contributed by atoms with Gasteiger partial charge in [0, 0.05) is 23.0 Å². The maximum atomic E-state index is 12.5. The lowest BCUT2D eigenvalue weighted by atomic mass is 10.1. The summed E-state index contributed by atoms with van der Waals surface area (Å²) in [5, 5.41) is 3.18. The second-order valence-electron chi connectivity index (χ2n) is 5.69. The quantitative estimate of drug-likeness (QED) is 0.683. The van der Waals surface area contributed by atoms with Crippen LogP contribution in [0.25, 0.3) is 0 Å². The predicted octanol–water partition coefficient (Wildman–Crippen LogP) is 4.12. The topological polar surface area (TPSA) is 60.5 Å². The van der Waals surface area contributed by atoms with Gasteiger partial charge in [0.2, 0.25) is 6.79 Å². The molecule has 5 nitrogen and oxygen atoms in total. The summed E-state index contributed by atoms with van der Waals surface area (Å²) in [6.45, 7) is 0.0944. The van der Waals surface area contributed by atoms with Crippen molar-refractivity contribution in [2.45, 2.75) is 0 Å². The number of hydrogen-bond donors (Lipinski definition) is 1. The molecule has 0 bridgehead atoms. The summed E-state index contributed by atoms with van der Waals surface area (Å²) in [6, 6.07) is 16.0. The molecule has 0 unspecified atom stereocenters. The van der Waals surface area contributed by atoms with Crippen LogP contribution in [0, 0.1) is 11.8 Å². The van der Waals surface area contributed by atoms with E-state index in [2.05, 4.69) is 22.1 Å². The number of carbonyl (C=O) groups excluding carboxylic acids is 1. The Labute approximate surface area is 160 Å². The molecule has 132 valence electrons. The highest BCUT2D eigenvalue weighted by Gasteiger charge is 2.20. The van der Waals surface area contributed by atoms with Crippen molar-refractivity contribution in [1.82, 2.24) is 4.98 Å². The minimum atomic E-state index is -0.301. The number of pyridine rings is 1. The van der Waals surface area contributed by atoms with Crippen LogP contribution < -0.4 is 14.8 Å². The Hall–Kier alpha value is -3.49. The first-order valence-electron chi connectivity index (χ1n) is 8.13. The molecule has 27 heavy (non-hydrogen) atoms. The third-order valence-corrected chi connectivity index (χ3v) is 4.09. The number of anilines is 1. The third-order valence-electron chi connectivity index (χ3n) is 3.81. The minimum Gasteiger partial charge on any atom is -0.454 e. The highest BCUT2D eigenvalue weighted by Crippen LogP contribution is 2.39. The summed E-state index contributed by atoms with van der Waals surface area (Å²) < 4.78 is 10.6. The zero-order valence-electron chi connectivity index (χ0n) is 14.0. The predicted molar refractivity (Wildman–Crippen MR) is 102 cm³/mol. The second-order valence-corrected chi connectivity index (χ2v) is 6.10. The van der Waals surface area contributed by atoms with Crippen LogP contribution in [0.5, 0.6) is 11.5 Å². The Balaban J connectivity index is 1.53. The van der Waals surface area contributed by atoms with Gasteiger partial charge >= 0.3 is 0 Å². The lowest BCUT2D eigenvalue weighted by Crippen LogP contribution is -2.12. The zero-order valence-corrected chi connectivity index (χ0v) is 14.8. The molecule has 0 saturated carbocycles. The number of carbonyl (C=O) groups is 1. The summed E-state index contributed by atoms with van der Waals surface area (Å²) in [5.41, 5.74) is 2.46. The fraction of sp³-hybridized carbons (Fsp3) is 0.0476. The zero-order chi connectivity index (χ0) is 18.6. The monoisotopic (exact) mass is 376 g/mol. The van der Waals surface area contributed by atoms with Crippen molar-refractivity contribution in [3.8, 4) is 23.3 Å². The maximum absolute atomic E-state index is 12.5. The Morgan fingerprint density at radius 3 is 2.85 bits per heavy atom. The van der Waals surface area contributed by atoms with E-state index in [0.717, 1.165) is 5.56 Å². The van der Waals surface area contributed by atoms with Crippen molar-refractivity contribution in [2.24, 2.45) is 0 Å². The number of ether oxygens (including phenoxy) is 2. The van der Waals surface area contributed by atoms with Gasteiger partial charge in [0.1, 0.15) is 5.69 Å². The van der Waals surface area contributed by atoms with Gasteiger partial charge in [0.05, 0.1) is 5.02 Å². The number of nitrogens with one attached hydrogen (secondary N) is 1. The molecular weight excluding hydrogens is 364 g/mol. The van der Waals surface area contributed by atoms with E-state index < -0.39 is 0 Å². The molecule has 0 fully saturated rings. The molecular formula is C21H13ClN2O3. The fourth-order valence-electron chi connectivity index (χ4n) is 2.55. The molecule has 1 aliphatic heterocycles. The normalized spacial score (nSPS) is 11.4. The molecule has 1 aliphatic rings. The number of nitrogens with zero attached hydrogens (tertiary/aromatic N) is 1. The van der Waals surface area contributed by atoms with E-state index in [9.17, 15) is 4.79 Å². The molecule has 1 amide bonds. The molecule has 0 atom stereocenters. The van der Waals surface area contributed by atoms with Crippen LogP contribution in [0.1, 0.15) is 21.6 Å². The molecule has 2 heterocycles. The van der Waals surface area contributed by atoms with E-state index in [0.29, 0.717) is 33.5 Å². The molecule has 1 N–H and O–H groups in total. The average molecular weight is 377 g/mol. The van der Waals surface area contributed by atoms with Crippen molar-refractivity contribution in [2.75, 3.05) is 12.1 Å². The van der Waals surface area contributed by atoms with Gasteiger partial charge in [0.25, 0.3) is 5.91 Å². The number of hydrogen-bond acceptors (Lipinski definition) is 4. The van der Waals surface area contributed by atoms with Crippen molar-refractivity contribution >= 4 is 23.2 Å². The second kappa shape index (κ2) is 7.40. The standard InChI is InChI=1S/C21H13ClN2O3/c22-18-11-15(12-19-20(18)27-13-26-19)21(25)24-17-6-3-4-14(10-17)7-8-16-5-1-2-9-23-16/h1-6,9-12H,13H2,(H,24,25). The molecule has 2 aromatic carbocycles. The summed E-state index contributed by atoms with van der Waals surface area (Å²) in [6.07, 6.45) is 1.69. The number of amides is 1. The van der Waals surface area contributed by atoms with Gasteiger partial charge in [-0.1, -0.05) is 29.7 Å². The van der Waals surface area contributed by atoms with Gasteiger partial charge in [0.15, 0.2) is 11.5 Å². The van der Waals surface area contributed by atoms with Crippen LogP contribution in [-0.4, -0.2) is 17.7 Å². The van der Waals surface area contributed by atoms with Crippen LogP contribution in [0.4, 0.5) is 5.69 Å². The maximum Gasteiger partial charge on any atom is 0.255 e. The highest BCUT2D eigenvalue weighted by atomic mass is 35.5. The van der Waals surface area contributed by atoms with Crippen LogP contribution in [0.15, 0.2) is 60.8 Å².